The van der Waals surface area contributed by atoms with Crippen molar-refractivity contribution in [3.63, 3.8) is 0 Å². The third-order valence-electron chi connectivity index (χ3n) is 5.49. The van der Waals surface area contributed by atoms with Gasteiger partial charge in [0.25, 0.3) is 11.8 Å². The normalized spacial score (nSPS) is 10.7. The zero-order valence-electron chi connectivity index (χ0n) is 23.8. The van der Waals surface area contributed by atoms with Gasteiger partial charge >= 0.3 is 0 Å². The first-order chi connectivity index (χ1) is 19.8. The van der Waals surface area contributed by atoms with Crippen molar-refractivity contribution >= 4 is 19.4 Å². The molecule has 0 saturated carbocycles. The molecule has 4 aromatic rings. The summed E-state index contributed by atoms with van der Waals surface area (Å²) in [6, 6.07) is 12.7. The molecule has 41 heavy (non-hydrogen) atoms. The highest BCUT2D eigenvalue weighted by Crippen LogP contribution is 2.29. The number of anilines is 1. The van der Waals surface area contributed by atoms with Crippen LogP contribution in [0.15, 0.2) is 65.7 Å². The van der Waals surface area contributed by atoms with E-state index < -0.39 is 5.82 Å². The third-order valence-corrected chi connectivity index (χ3v) is 5.49. The number of aliphatic hydroxyl groups excluding tert-OH is 1. The van der Waals surface area contributed by atoms with Gasteiger partial charge < -0.3 is 30.2 Å². The summed E-state index contributed by atoms with van der Waals surface area (Å²) in [7, 11) is 0. The van der Waals surface area contributed by atoms with Crippen LogP contribution in [-0.2, 0) is 16.1 Å². The first kappa shape index (κ1) is 34.4. The minimum atomic E-state index is -0.496. The van der Waals surface area contributed by atoms with Crippen molar-refractivity contribution in [1.29, 1.82) is 0 Å². The van der Waals surface area contributed by atoms with Gasteiger partial charge in [0.1, 0.15) is 19.4 Å². The molecule has 0 bridgehead atoms. The van der Waals surface area contributed by atoms with Crippen LogP contribution in [0.2, 0.25) is 0 Å². The average molecular weight is 565 g/mol. The van der Waals surface area contributed by atoms with Crippen molar-refractivity contribution in [3.05, 3.63) is 78.3 Å². The van der Waals surface area contributed by atoms with Crippen LogP contribution in [-0.4, -0.2) is 51.5 Å². The molecule has 1 unspecified atom stereocenters. The van der Waals surface area contributed by atoms with Crippen LogP contribution in [0.4, 0.5) is 10.2 Å². The molecule has 4 rings (SSSR count). The maximum Gasteiger partial charge on any atom is 0.270 e. The number of rotatable bonds is 8. The van der Waals surface area contributed by atoms with Crippen LogP contribution >= 0.6 is 0 Å². The summed E-state index contributed by atoms with van der Waals surface area (Å²) in [6.45, 7) is 15.8. The van der Waals surface area contributed by atoms with Gasteiger partial charge in [0.15, 0.2) is 11.5 Å². The fourth-order valence-corrected chi connectivity index (χ4v) is 3.36. The molecule has 2 heterocycles. The van der Waals surface area contributed by atoms with Crippen LogP contribution in [0.5, 0.6) is 0 Å². The van der Waals surface area contributed by atoms with Gasteiger partial charge in [0, 0.05) is 18.2 Å². The monoisotopic (exact) mass is 564 g/mol. The Morgan fingerprint density at radius 2 is 1.66 bits per heavy atom. The predicted molar refractivity (Wildman–Crippen MR) is 158 cm³/mol. The first-order valence-electron chi connectivity index (χ1n) is 12.6. The number of hydrogen-bond donors (Lipinski definition) is 3. The summed E-state index contributed by atoms with van der Waals surface area (Å²) >= 11 is 0. The number of nitrogen functional groups attached to an aromatic ring is 1. The Balaban J connectivity index is 0.00000110. The van der Waals surface area contributed by atoms with Gasteiger partial charge in [-0.25, -0.2) is 14.4 Å². The maximum absolute atomic E-state index is 14.8. The topological polar surface area (TPSA) is 157 Å². The lowest BCUT2D eigenvalue weighted by molar-refractivity contribution is -0.0987. The van der Waals surface area contributed by atoms with E-state index in [2.05, 4.69) is 58.0 Å². The van der Waals surface area contributed by atoms with E-state index in [4.69, 9.17) is 24.8 Å². The summed E-state index contributed by atoms with van der Waals surface area (Å²) in [5, 5.41) is 20.2. The first-order valence-corrected chi connectivity index (χ1v) is 12.6. The zero-order chi connectivity index (χ0) is 30.9. The van der Waals surface area contributed by atoms with E-state index in [1.807, 2.05) is 39.6 Å². The van der Waals surface area contributed by atoms with Crippen molar-refractivity contribution in [3.8, 4) is 34.3 Å². The average Bonchev–Trinajstić information content (AvgIpc) is 3.48. The number of benzene rings is 2. The molecule has 11 heteroatoms. The molecule has 10 nitrogen and oxygen atoms in total. The second-order valence-electron chi connectivity index (χ2n) is 8.87. The standard InChI is InChI=1S/C25H27FN6O2.C3H6.2CH2O/c1-14(2)17-5-7-18(8-6-17)21-12-29-23(27)22(30-21)25-32-31-24(34-25)19-9-4-16(10-20(19)26)11-28-15(3)13-33;1-3-2;2*1-2/h4-10,12,14-15,28,33H,11,13H2,1-3H3,(H2,27,29);3H,1H2,2H3;2*1H2. The molecule has 0 aliphatic heterocycles. The highest BCUT2D eigenvalue weighted by Gasteiger charge is 2.19. The molecule has 4 N–H and O–H groups in total. The number of nitrogens with zero attached hydrogens (tertiary/aromatic N) is 4. The minimum absolute atomic E-state index is 0.00179. The summed E-state index contributed by atoms with van der Waals surface area (Å²) < 4.78 is 20.5. The molecular formula is C30H37FN6O4. The van der Waals surface area contributed by atoms with Crippen molar-refractivity contribution < 1.29 is 23.5 Å². The lowest BCUT2D eigenvalue weighted by Gasteiger charge is -2.11. The molecular weight excluding hydrogens is 527 g/mol. The molecule has 0 fully saturated rings. The Bertz CT molecular complexity index is 1360. The molecule has 0 aliphatic rings. The van der Waals surface area contributed by atoms with Crippen molar-refractivity contribution in [2.75, 3.05) is 12.3 Å². The number of aliphatic hydroxyl groups is 1. The Kier molecular flexibility index (Phi) is 15.0. The number of halogens is 1. The van der Waals surface area contributed by atoms with Gasteiger partial charge in [-0.3, -0.25) is 0 Å². The number of nitrogens with one attached hydrogen (secondary N) is 1. The Morgan fingerprint density at radius 1 is 1.05 bits per heavy atom. The highest BCUT2D eigenvalue weighted by atomic mass is 19.1. The van der Waals surface area contributed by atoms with E-state index in [1.54, 1.807) is 24.4 Å². The molecule has 0 aliphatic carbocycles. The molecule has 0 saturated heterocycles. The Hall–Kier alpha value is -4.61. The second-order valence-corrected chi connectivity index (χ2v) is 8.87. The largest absolute Gasteiger partial charge is 0.414 e. The van der Waals surface area contributed by atoms with E-state index >= 15 is 0 Å². The van der Waals surface area contributed by atoms with Crippen LogP contribution in [0.25, 0.3) is 34.3 Å². The van der Waals surface area contributed by atoms with Gasteiger partial charge in [-0.1, -0.05) is 50.3 Å². The lowest BCUT2D eigenvalue weighted by atomic mass is 10.0. The van der Waals surface area contributed by atoms with Crippen LogP contribution in [0.1, 0.15) is 44.7 Å². The van der Waals surface area contributed by atoms with E-state index in [0.29, 0.717) is 18.2 Å². The van der Waals surface area contributed by atoms with Crippen LogP contribution in [0.3, 0.4) is 0 Å². The quantitative estimate of drug-likeness (QED) is 0.249. The number of carbonyl (C=O) groups is 2. The molecule has 218 valence electrons. The molecule has 0 amide bonds. The van der Waals surface area contributed by atoms with E-state index in [-0.39, 0.29) is 41.5 Å². The summed E-state index contributed by atoms with van der Waals surface area (Å²) in [6.07, 6.45) is 3.34. The van der Waals surface area contributed by atoms with Crippen LogP contribution in [0, 0.1) is 5.82 Å². The van der Waals surface area contributed by atoms with E-state index in [1.165, 1.54) is 11.6 Å². The second kappa shape index (κ2) is 17.9. The van der Waals surface area contributed by atoms with E-state index in [9.17, 15) is 4.39 Å². The number of aromatic nitrogens is 4. The Labute approximate surface area is 239 Å². The fourth-order valence-electron chi connectivity index (χ4n) is 3.36. The number of carbonyl (C=O) groups excluding carboxylic acids is 2. The third kappa shape index (κ3) is 9.82. The Morgan fingerprint density at radius 3 is 2.22 bits per heavy atom. The predicted octanol–water partition coefficient (Wildman–Crippen LogP) is 5.00. The highest BCUT2D eigenvalue weighted by molar-refractivity contribution is 5.69. The van der Waals surface area contributed by atoms with Crippen LogP contribution < -0.4 is 11.1 Å². The number of nitrogens with two attached hydrogens (primary N) is 1. The van der Waals surface area contributed by atoms with Gasteiger partial charge in [0.2, 0.25) is 0 Å². The molecule has 0 radical (unpaired) electrons. The van der Waals surface area contributed by atoms with Gasteiger partial charge in [-0.15, -0.1) is 16.8 Å². The molecule has 1 atom stereocenters. The van der Waals surface area contributed by atoms with Crippen molar-refractivity contribution in [2.24, 2.45) is 0 Å². The maximum atomic E-state index is 14.8. The molecule has 2 aromatic heterocycles. The summed E-state index contributed by atoms with van der Waals surface area (Å²) in [4.78, 5) is 24.8. The summed E-state index contributed by atoms with van der Waals surface area (Å²) in [5.41, 5.74) is 9.88. The van der Waals surface area contributed by atoms with Crippen molar-refractivity contribution in [2.45, 2.75) is 46.2 Å². The lowest BCUT2D eigenvalue weighted by Crippen LogP contribution is -2.28. The smallest absolute Gasteiger partial charge is 0.270 e. The number of hydrogen-bond acceptors (Lipinski definition) is 10. The fraction of sp³-hybridized carbons (Fsp3) is 0.267. The summed E-state index contributed by atoms with van der Waals surface area (Å²) in [5.74, 6) is 0.141. The van der Waals surface area contributed by atoms with Gasteiger partial charge in [-0.05, 0) is 43.0 Å². The molecule has 2 aromatic carbocycles. The SMILES string of the molecule is C=CC.C=O.C=O.CC(CO)NCc1ccc(-c2nnc(-c3nc(-c4ccc(C(C)C)cc4)cnc3N)o2)c(F)c1. The zero-order valence-corrected chi connectivity index (χ0v) is 23.8. The van der Waals surface area contributed by atoms with Gasteiger partial charge in [-0.2, -0.15) is 0 Å². The van der Waals surface area contributed by atoms with Crippen molar-refractivity contribution in [1.82, 2.24) is 25.5 Å². The molecule has 0 spiro atoms. The number of allylic oxidation sites excluding steroid dienone is 1. The van der Waals surface area contributed by atoms with E-state index in [0.717, 1.165) is 11.1 Å². The minimum Gasteiger partial charge on any atom is -0.414 e. The van der Waals surface area contributed by atoms with Gasteiger partial charge in [0.05, 0.1) is 24.1 Å².